The Morgan fingerprint density at radius 1 is 1.33 bits per heavy atom. The van der Waals surface area contributed by atoms with Crippen molar-refractivity contribution in [2.75, 3.05) is 0 Å². The predicted octanol–water partition coefficient (Wildman–Crippen LogP) is 1.76. The maximum atomic E-state index is 11.2. The second-order valence-electron chi connectivity index (χ2n) is 4.26. The first-order valence-electron chi connectivity index (χ1n) is 4.59. The Morgan fingerprint density at radius 3 is 2.92 bits per heavy atom. The van der Waals surface area contributed by atoms with Crippen LogP contribution >= 0.6 is 22.6 Å². The van der Waals surface area contributed by atoms with Crippen LogP contribution in [0.1, 0.15) is 19.3 Å². The van der Waals surface area contributed by atoms with Gasteiger partial charge >= 0.3 is 5.97 Å². The van der Waals surface area contributed by atoms with E-state index in [2.05, 4.69) is 22.6 Å². The zero-order valence-corrected chi connectivity index (χ0v) is 8.86. The molecule has 66 valence electrons. The average Bonchev–Trinajstić information content (AvgIpc) is 2.53. The molecule has 0 amide bonds. The number of alkyl halides is 1. The predicted molar refractivity (Wildman–Crippen MR) is 52.0 cm³/mol. The molecule has 12 heavy (non-hydrogen) atoms. The molecule has 0 aromatic carbocycles. The zero-order valence-electron chi connectivity index (χ0n) is 6.70. The van der Waals surface area contributed by atoms with E-state index >= 15 is 0 Å². The molecule has 5 atom stereocenters. The minimum Gasteiger partial charge on any atom is -0.461 e. The summed E-state index contributed by atoms with van der Waals surface area (Å²) in [5, 5.41) is 0. The zero-order chi connectivity index (χ0) is 8.29. The Hall–Kier alpha value is 0.200. The largest absolute Gasteiger partial charge is 0.461 e. The number of halogens is 1. The molecule has 3 aliphatic rings. The van der Waals surface area contributed by atoms with Gasteiger partial charge in [0, 0.05) is 12.3 Å². The van der Waals surface area contributed by atoms with Crippen molar-refractivity contribution in [3.8, 4) is 0 Å². The van der Waals surface area contributed by atoms with Gasteiger partial charge in [-0.15, -0.1) is 0 Å². The van der Waals surface area contributed by atoms with E-state index in [0.29, 0.717) is 16.3 Å². The standard InChI is InChI=1S/C9H11IO2/c10-8-5-1-4-3-7(11)12-9(8)6(4)2-5/h4-6,8-9H,1-3H2. The van der Waals surface area contributed by atoms with Crippen molar-refractivity contribution in [1.82, 2.24) is 0 Å². The molecule has 1 heterocycles. The van der Waals surface area contributed by atoms with Gasteiger partial charge in [-0.25, -0.2) is 0 Å². The third-order valence-corrected chi connectivity index (χ3v) is 5.39. The molecule has 3 rings (SSSR count). The maximum Gasteiger partial charge on any atom is 0.306 e. The van der Waals surface area contributed by atoms with Gasteiger partial charge in [-0.05, 0) is 24.7 Å². The van der Waals surface area contributed by atoms with Crippen molar-refractivity contribution in [2.24, 2.45) is 17.8 Å². The van der Waals surface area contributed by atoms with Gasteiger partial charge in [-0.3, -0.25) is 4.79 Å². The van der Waals surface area contributed by atoms with Crippen LogP contribution in [0.4, 0.5) is 0 Å². The van der Waals surface area contributed by atoms with E-state index in [9.17, 15) is 4.79 Å². The van der Waals surface area contributed by atoms with Crippen LogP contribution in [0.5, 0.6) is 0 Å². The number of esters is 1. The molecule has 1 saturated heterocycles. The summed E-state index contributed by atoms with van der Waals surface area (Å²) in [6.45, 7) is 0. The Labute approximate surface area is 85.2 Å². The molecule has 2 aliphatic carbocycles. The molecule has 3 heteroatoms. The molecule has 0 spiro atoms. The summed E-state index contributed by atoms with van der Waals surface area (Å²) in [6, 6.07) is 0. The second-order valence-corrected chi connectivity index (χ2v) is 5.70. The summed E-state index contributed by atoms with van der Waals surface area (Å²) in [5.41, 5.74) is 0. The number of carbonyl (C=O) groups excluding carboxylic acids is 1. The number of rotatable bonds is 0. The minimum absolute atomic E-state index is 0.0447. The summed E-state index contributed by atoms with van der Waals surface area (Å²) >= 11 is 2.46. The van der Waals surface area contributed by atoms with E-state index in [1.165, 1.54) is 12.8 Å². The fraction of sp³-hybridized carbons (Fsp3) is 0.889. The highest BCUT2D eigenvalue weighted by Gasteiger charge is 2.56. The monoisotopic (exact) mass is 278 g/mol. The molecule has 0 N–H and O–H groups in total. The number of carbonyl (C=O) groups is 1. The van der Waals surface area contributed by atoms with Gasteiger partial charge in [0.1, 0.15) is 6.10 Å². The Kier molecular flexibility index (Phi) is 1.50. The summed E-state index contributed by atoms with van der Waals surface area (Å²) in [5.74, 6) is 2.28. The molecule has 0 aromatic heterocycles. The Morgan fingerprint density at radius 2 is 2.17 bits per heavy atom. The van der Waals surface area contributed by atoms with Gasteiger partial charge in [-0.2, -0.15) is 0 Å². The molecule has 0 aromatic rings. The molecular formula is C9H11IO2. The summed E-state index contributed by atoms with van der Waals surface area (Å²) < 4.78 is 5.98. The van der Waals surface area contributed by atoms with E-state index in [-0.39, 0.29) is 12.1 Å². The Balaban J connectivity index is 1.94. The van der Waals surface area contributed by atoms with Crippen molar-refractivity contribution in [1.29, 1.82) is 0 Å². The van der Waals surface area contributed by atoms with Crippen molar-refractivity contribution < 1.29 is 9.53 Å². The molecule has 3 fully saturated rings. The lowest BCUT2D eigenvalue weighted by molar-refractivity contribution is -0.161. The molecule has 0 radical (unpaired) electrons. The van der Waals surface area contributed by atoms with Gasteiger partial charge in [-0.1, -0.05) is 22.6 Å². The van der Waals surface area contributed by atoms with Crippen molar-refractivity contribution >= 4 is 28.6 Å². The summed E-state index contributed by atoms with van der Waals surface area (Å²) in [4.78, 5) is 11.2. The molecule has 2 nitrogen and oxygen atoms in total. The highest BCUT2D eigenvalue weighted by atomic mass is 127. The number of ether oxygens (including phenoxy) is 1. The lowest BCUT2D eigenvalue weighted by Gasteiger charge is -2.36. The van der Waals surface area contributed by atoms with Crippen molar-refractivity contribution in [2.45, 2.75) is 29.3 Å². The van der Waals surface area contributed by atoms with E-state index in [1.54, 1.807) is 0 Å². The van der Waals surface area contributed by atoms with Crippen LogP contribution in [0.25, 0.3) is 0 Å². The van der Waals surface area contributed by atoms with Crippen LogP contribution in [0.15, 0.2) is 0 Å². The van der Waals surface area contributed by atoms with Gasteiger partial charge in [0.25, 0.3) is 0 Å². The van der Waals surface area contributed by atoms with Crippen molar-refractivity contribution in [3.05, 3.63) is 0 Å². The summed E-state index contributed by atoms with van der Waals surface area (Å²) in [7, 11) is 0. The van der Waals surface area contributed by atoms with Crippen molar-refractivity contribution in [3.63, 3.8) is 0 Å². The molecule has 1 aliphatic heterocycles. The molecular weight excluding hydrogens is 267 g/mol. The Bertz CT molecular complexity index is 241. The topological polar surface area (TPSA) is 26.3 Å². The lowest BCUT2D eigenvalue weighted by Crippen LogP contribution is -2.42. The summed E-state index contributed by atoms with van der Waals surface area (Å²) in [6.07, 6.45) is 3.57. The van der Waals surface area contributed by atoms with E-state index < -0.39 is 0 Å². The molecule has 2 bridgehead atoms. The molecule has 5 unspecified atom stereocenters. The highest BCUT2D eigenvalue weighted by Crippen LogP contribution is 2.55. The van der Waals surface area contributed by atoms with Crippen LogP contribution in [-0.4, -0.2) is 16.0 Å². The van der Waals surface area contributed by atoms with Crippen LogP contribution in [0, 0.1) is 17.8 Å². The molecule has 2 saturated carbocycles. The van der Waals surface area contributed by atoms with Gasteiger partial charge in [0.05, 0.1) is 3.92 Å². The third kappa shape index (κ3) is 0.833. The van der Waals surface area contributed by atoms with Crippen LogP contribution in [0.2, 0.25) is 0 Å². The number of hydrogen-bond donors (Lipinski definition) is 0. The average molecular weight is 278 g/mol. The smallest absolute Gasteiger partial charge is 0.306 e. The second kappa shape index (κ2) is 2.36. The number of hydrogen-bond acceptors (Lipinski definition) is 2. The van der Waals surface area contributed by atoms with E-state index in [0.717, 1.165) is 11.8 Å². The quantitative estimate of drug-likeness (QED) is 0.383. The fourth-order valence-electron chi connectivity index (χ4n) is 3.17. The maximum absolute atomic E-state index is 11.2. The van der Waals surface area contributed by atoms with Crippen LogP contribution in [0.3, 0.4) is 0 Å². The van der Waals surface area contributed by atoms with Crippen LogP contribution in [-0.2, 0) is 9.53 Å². The third-order valence-electron chi connectivity index (χ3n) is 3.67. The van der Waals surface area contributed by atoms with Gasteiger partial charge < -0.3 is 4.74 Å². The van der Waals surface area contributed by atoms with E-state index in [1.807, 2.05) is 0 Å². The first kappa shape index (κ1) is 7.59. The first-order valence-corrected chi connectivity index (χ1v) is 5.84. The minimum atomic E-state index is 0.0447. The van der Waals surface area contributed by atoms with Crippen LogP contribution < -0.4 is 0 Å². The van der Waals surface area contributed by atoms with Gasteiger partial charge in [0.15, 0.2) is 0 Å². The fourth-order valence-corrected chi connectivity index (χ4v) is 4.44. The SMILES string of the molecule is O=C1CC2CC3CC2C(O1)C3I. The normalized spacial score (nSPS) is 55.8. The van der Waals surface area contributed by atoms with Gasteiger partial charge in [0.2, 0.25) is 0 Å². The lowest BCUT2D eigenvalue weighted by atomic mass is 9.82. The number of fused-ring (bicyclic) bond motifs is 1. The highest BCUT2D eigenvalue weighted by molar-refractivity contribution is 14.1. The first-order chi connectivity index (χ1) is 5.75. The van der Waals surface area contributed by atoms with E-state index in [4.69, 9.17) is 4.74 Å².